The van der Waals surface area contributed by atoms with Gasteiger partial charge in [-0.2, -0.15) is 12.7 Å². The molecule has 0 spiro atoms. The van der Waals surface area contributed by atoms with Crippen LogP contribution in [0.1, 0.15) is 19.3 Å². The minimum absolute atomic E-state index is 0.511. The Kier molecular flexibility index (Phi) is 4.53. The van der Waals surface area contributed by atoms with E-state index in [4.69, 9.17) is 11.6 Å². The third kappa shape index (κ3) is 3.38. The Morgan fingerprint density at radius 3 is 2.50 bits per heavy atom. The van der Waals surface area contributed by atoms with Crippen molar-refractivity contribution in [2.75, 3.05) is 17.8 Å². The maximum absolute atomic E-state index is 12.1. The first kappa shape index (κ1) is 14.1. The summed E-state index contributed by atoms with van der Waals surface area (Å²) in [5.41, 5.74) is 0.511. The van der Waals surface area contributed by atoms with Gasteiger partial charge in [-0.05, 0) is 47.0 Å². The van der Waals surface area contributed by atoms with Crippen LogP contribution in [0.25, 0.3) is 0 Å². The predicted octanol–water partition coefficient (Wildman–Crippen LogP) is 3.25. The molecule has 2 rings (SSSR count). The van der Waals surface area contributed by atoms with Gasteiger partial charge in [0.25, 0.3) is 0 Å². The Morgan fingerprint density at radius 2 is 1.89 bits per heavy atom. The molecule has 18 heavy (non-hydrogen) atoms. The van der Waals surface area contributed by atoms with Crippen molar-refractivity contribution in [3.05, 3.63) is 27.7 Å². The smallest absolute Gasteiger partial charge is 0.271 e. The summed E-state index contributed by atoms with van der Waals surface area (Å²) < 4.78 is 29.0. The van der Waals surface area contributed by atoms with Crippen molar-refractivity contribution >= 4 is 43.4 Å². The molecule has 1 aromatic carbocycles. The highest BCUT2D eigenvalue weighted by molar-refractivity contribution is 9.10. The number of rotatable bonds is 3. The molecular formula is C11H14BrClN2O2S. The number of halogens is 2. The van der Waals surface area contributed by atoms with Crippen molar-refractivity contribution in [1.29, 1.82) is 0 Å². The predicted molar refractivity (Wildman–Crippen MR) is 77.1 cm³/mol. The van der Waals surface area contributed by atoms with Crippen LogP contribution >= 0.6 is 27.5 Å². The van der Waals surface area contributed by atoms with Gasteiger partial charge in [-0.25, -0.2) is 0 Å². The summed E-state index contributed by atoms with van der Waals surface area (Å²) >= 11 is 9.14. The van der Waals surface area contributed by atoms with Crippen molar-refractivity contribution < 1.29 is 8.42 Å². The van der Waals surface area contributed by atoms with E-state index < -0.39 is 10.2 Å². The van der Waals surface area contributed by atoms with E-state index in [-0.39, 0.29) is 0 Å². The largest absolute Gasteiger partial charge is 0.301 e. The lowest BCUT2D eigenvalue weighted by Crippen LogP contribution is -2.39. The van der Waals surface area contributed by atoms with Gasteiger partial charge in [0.1, 0.15) is 0 Å². The third-order valence-corrected chi connectivity index (χ3v) is 5.57. The molecule has 1 saturated heterocycles. The van der Waals surface area contributed by atoms with Gasteiger partial charge in [0, 0.05) is 17.6 Å². The Labute approximate surface area is 121 Å². The lowest BCUT2D eigenvalue weighted by atomic mass is 10.2. The molecule has 1 fully saturated rings. The zero-order valence-electron chi connectivity index (χ0n) is 9.70. The standard InChI is InChI=1S/C11H14BrClN2O2S/c12-10-8-9(4-5-11(10)13)14-18(16,17)15-6-2-1-3-7-15/h4-5,8,14H,1-3,6-7H2. The lowest BCUT2D eigenvalue weighted by molar-refractivity contribution is 0.349. The van der Waals surface area contributed by atoms with E-state index in [1.54, 1.807) is 18.2 Å². The van der Waals surface area contributed by atoms with Crippen molar-refractivity contribution in [2.45, 2.75) is 19.3 Å². The maximum atomic E-state index is 12.1. The fraction of sp³-hybridized carbons (Fsp3) is 0.455. The van der Waals surface area contributed by atoms with Crippen molar-refractivity contribution in [1.82, 2.24) is 4.31 Å². The average Bonchev–Trinajstić information content (AvgIpc) is 2.35. The van der Waals surface area contributed by atoms with Gasteiger partial charge < -0.3 is 0 Å². The first-order chi connectivity index (χ1) is 8.49. The number of anilines is 1. The van der Waals surface area contributed by atoms with E-state index in [0.717, 1.165) is 19.3 Å². The van der Waals surface area contributed by atoms with E-state index in [1.807, 2.05) is 0 Å². The molecular weight excluding hydrogens is 340 g/mol. The molecule has 0 atom stereocenters. The van der Waals surface area contributed by atoms with Crippen LogP contribution in [-0.2, 0) is 10.2 Å². The van der Waals surface area contributed by atoms with Gasteiger partial charge in [-0.1, -0.05) is 18.0 Å². The molecule has 1 aromatic rings. The van der Waals surface area contributed by atoms with Crippen LogP contribution in [0.15, 0.2) is 22.7 Å². The summed E-state index contributed by atoms with van der Waals surface area (Å²) in [4.78, 5) is 0. The molecule has 0 unspecified atom stereocenters. The van der Waals surface area contributed by atoms with Crippen LogP contribution in [0.2, 0.25) is 5.02 Å². The molecule has 7 heteroatoms. The fourth-order valence-electron chi connectivity index (χ4n) is 1.88. The number of nitrogens with one attached hydrogen (secondary N) is 1. The van der Waals surface area contributed by atoms with Crippen LogP contribution in [0, 0.1) is 0 Å². The number of hydrogen-bond acceptors (Lipinski definition) is 2. The van der Waals surface area contributed by atoms with Crippen LogP contribution in [0.3, 0.4) is 0 Å². The molecule has 0 saturated carbocycles. The SMILES string of the molecule is O=S(=O)(Nc1ccc(Cl)c(Br)c1)N1CCCCC1. The monoisotopic (exact) mass is 352 g/mol. The quantitative estimate of drug-likeness (QED) is 0.907. The molecule has 4 nitrogen and oxygen atoms in total. The first-order valence-corrected chi connectivity index (χ1v) is 8.33. The Balaban J connectivity index is 2.13. The highest BCUT2D eigenvalue weighted by Crippen LogP contribution is 2.26. The Hall–Kier alpha value is -0.300. The second kappa shape index (κ2) is 5.77. The van der Waals surface area contributed by atoms with Crippen LogP contribution < -0.4 is 4.72 Å². The topological polar surface area (TPSA) is 49.4 Å². The van der Waals surface area contributed by atoms with Crippen molar-refractivity contribution in [2.24, 2.45) is 0 Å². The molecule has 1 N–H and O–H groups in total. The summed E-state index contributed by atoms with van der Waals surface area (Å²) in [6, 6.07) is 4.96. The Bertz CT molecular complexity index is 530. The lowest BCUT2D eigenvalue weighted by Gasteiger charge is -2.26. The summed E-state index contributed by atoms with van der Waals surface area (Å²) in [7, 11) is -3.45. The third-order valence-electron chi connectivity index (χ3n) is 2.82. The second-order valence-electron chi connectivity index (χ2n) is 4.20. The van der Waals surface area contributed by atoms with Crippen molar-refractivity contribution in [3.8, 4) is 0 Å². The number of hydrogen-bond donors (Lipinski definition) is 1. The number of benzene rings is 1. The number of nitrogens with zero attached hydrogens (tertiary/aromatic N) is 1. The molecule has 1 aliphatic rings. The van der Waals surface area contributed by atoms with Crippen LogP contribution in [0.5, 0.6) is 0 Å². The van der Waals surface area contributed by atoms with Gasteiger partial charge in [0.15, 0.2) is 0 Å². The zero-order valence-corrected chi connectivity index (χ0v) is 12.9. The van der Waals surface area contributed by atoms with E-state index >= 15 is 0 Å². The van der Waals surface area contributed by atoms with E-state index in [1.165, 1.54) is 4.31 Å². The molecule has 1 aliphatic heterocycles. The van der Waals surface area contributed by atoms with Gasteiger partial charge in [-0.3, -0.25) is 4.72 Å². The highest BCUT2D eigenvalue weighted by Gasteiger charge is 2.23. The van der Waals surface area contributed by atoms with Crippen LogP contribution in [-0.4, -0.2) is 25.8 Å². The minimum Gasteiger partial charge on any atom is -0.271 e. The molecule has 100 valence electrons. The van der Waals surface area contributed by atoms with E-state index in [2.05, 4.69) is 20.7 Å². The first-order valence-electron chi connectivity index (χ1n) is 5.72. The zero-order chi connectivity index (χ0) is 13.2. The highest BCUT2D eigenvalue weighted by atomic mass is 79.9. The van der Waals surface area contributed by atoms with E-state index in [0.29, 0.717) is 28.3 Å². The maximum Gasteiger partial charge on any atom is 0.301 e. The van der Waals surface area contributed by atoms with Gasteiger partial charge in [0.05, 0.1) is 10.7 Å². The second-order valence-corrected chi connectivity index (χ2v) is 7.13. The summed E-state index contributed by atoms with van der Waals surface area (Å²) in [6.45, 7) is 1.17. The summed E-state index contributed by atoms with van der Waals surface area (Å²) in [5.74, 6) is 0. The molecule has 0 radical (unpaired) electrons. The molecule has 1 heterocycles. The van der Waals surface area contributed by atoms with Gasteiger partial charge >= 0.3 is 10.2 Å². The molecule has 0 aliphatic carbocycles. The van der Waals surface area contributed by atoms with E-state index in [9.17, 15) is 8.42 Å². The molecule has 0 bridgehead atoms. The molecule has 0 aromatic heterocycles. The van der Waals surface area contributed by atoms with Gasteiger partial charge in [0.2, 0.25) is 0 Å². The summed E-state index contributed by atoms with van der Waals surface area (Å²) in [6.07, 6.45) is 2.94. The number of piperidine rings is 1. The van der Waals surface area contributed by atoms with Gasteiger partial charge in [-0.15, -0.1) is 0 Å². The minimum atomic E-state index is -3.45. The summed E-state index contributed by atoms with van der Waals surface area (Å²) in [5, 5.41) is 0.552. The Morgan fingerprint density at radius 1 is 1.22 bits per heavy atom. The normalized spacial score (nSPS) is 17.7. The van der Waals surface area contributed by atoms with Crippen LogP contribution in [0.4, 0.5) is 5.69 Å². The fourth-order valence-corrected chi connectivity index (χ4v) is 3.67. The van der Waals surface area contributed by atoms with Crippen molar-refractivity contribution in [3.63, 3.8) is 0 Å². The average molecular weight is 354 g/mol. The molecule has 0 amide bonds.